The number of rotatable bonds is 2. The summed E-state index contributed by atoms with van der Waals surface area (Å²) in [7, 11) is 0. The standard InChI is InChI=1S/C14H12BrNO/c1-9-8-12(16)6-7-13(9)14(17)10-2-4-11(15)5-3-10/h2-8H,16H2,1H3. The molecule has 0 aliphatic rings. The number of aryl methyl sites for hydroxylation is 1. The van der Waals surface area contributed by atoms with Gasteiger partial charge in [0.1, 0.15) is 0 Å². The molecule has 0 saturated carbocycles. The first-order chi connectivity index (χ1) is 8.08. The molecule has 0 bridgehead atoms. The summed E-state index contributed by atoms with van der Waals surface area (Å²) in [6.07, 6.45) is 0. The van der Waals surface area contributed by atoms with Crippen molar-refractivity contribution in [1.29, 1.82) is 0 Å². The van der Waals surface area contributed by atoms with Gasteiger partial charge in [-0.3, -0.25) is 4.79 Å². The van der Waals surface area contributed by atoms with E-state index >= 15 is 0 Å². The summed E-state index contributed by atoms with van der Waals surface area (Å²) < 4.78 is 0.961. The minimum atomic E-state index is 0.0231. The van der Waals surface area contributed by atoms with Gasteiger partial charge in [0.15, 0.2) is 5.78 Å². The Morgan fingerprint density at radius 3 is 2.35 bits per heavy atom. The van der Waals surface area contributed by atoms with E-state index in [2.05, 4.69) is 15.9 Å². The molecule has 0 saturated heterocycles. The number of hydrogen-bond acceptors (Lipinski definition) is 2. The van der Waals surface area contributed by atoms with Gasteiger partial charge in [-0.05, 0) is 55.0 Å². The second kappa shape index (κ2) is 4.72. The molecule has 0 aromatic heterocycles. The van der Waals surface area contributed by atoms with Crippen LogP contribution in [0.15, 0.2) is 46.9 Å². The highest BCUT2D eigenvalue weighted by molar-refractivity contribution is 9.10. The van der Waals surface area contributed by atoms with Gasteiger partial charge in [-0.15, -0.1) is 0 Å². The molecule has 17 heavy (non-hydrogen) atoms. The lowest BCUT2D eigenvalue weighted by atomic mass is 9.99. The number of nitrogen functional groups attached to an aromatic ring is 1. The zero-order valence-electron chi connectivity index (χ0n) is 9.41. The monoisotopic (exact) mass is 289 g/mol. The van der Waals surface area contributed by atoms with Crippen LogP contribution in [0.3, 0.4) is 0 Å². The summed E-state index contributed by atoms with van der Waals surface area (Å²) in [5.41, 5.74) is 8.62. The fraction of sp³-hybridized carbons (Fsp3) is 0.0714. The maximum atomic E-state index is 12.2. The van der Waals surface area contributed by atoms with Crippen LogP contribution in [0.25, 0.3) is 0 Å². The summed E-state index contributed by atoms with van der Waals surface area (Å²) in [5.74, 6) is 0.0231. The lowest BCUT2D eigenvalue weighted by Crippen LogP contribution is -2.04. The number of hydrogen-bond donors (Lipinski definition) is 1. The molecule has 2 rings (SSSR count). The summed E-state index contributed by atoms with van der Waals surface area (Å²) in [6, 6.07) is 12.7. The summed E-state index contributed by atoms with van der Waals surface area (Å²) in [4.78, 5) is 12.2. The molecule has 0 fully saturated rings. The maximum Gasteiger partial charge on any atom is 0.193 e. The normalized spacial score (nSPS) is 10.2. The molecule has 0 radical (unpaired) electrons. The van der Waals surface area contributed by atoms with Crippen molar-refractivity contribution in [3.63, 3.8) is 0 Å². The summed E-state index contributed by atoms with van der Waals surface area (Å²) >= 11 is 3.35. The van der Waals surface area contributed by atoms with Crippen molar-refractivity contribution in [2.75, 3.05) is 5.73 Å². The molecular formula is C14H12BrNO. The number of halogens is 1. The zero-order valence-corrected chi connectivity index (χ0v) is 11.0. The SMILES string of the molecule is Cc1cc(N)ccc1C(=O)c1ccc(Br)cc1. The molecule has 0 heterocycles. The Morgan fingerprint density at radius 2 is 1.76 bits per heavy atom. The fourth-order valence-corrected chi connectivity index (χ4v) is 1.96. The predicted octanol–water partition coefficient (Wildman–Crippen LogP) is 3.57. The van der Waals surface area contributed by atoms with Crippen molar-refractivity contribution in [2.24, 2.45) is 0 Å². The molecule has 0 unspecified atom stereocenters. The van der Waals surface area contributed by atoms with Crippen LogP contribution in [0.1, 0.15) is 21.5 Å². The lowest BCUT2D eigenvalue weighted by Gasteiger charge is -2.06. The highest BCUT2D eigenvalue weighted by Gasteiger charge is 2.11. The molecular weight excluding hydrogens is 278 g/mol. The molecule has 0 spiro atoms. The van der Waals surface area contributed by atoms with Gasteiger partial charge in [-0.25, -0.2) is 0 Å². The Balaban J connectivity index is 2.40. The van der Waals surface area contributed by atoms with E-state index in [4.69, 9.17) is 5.73 Å². The second-order valence-electron chi connectivity index (χ2n) is 3.91. The van der Waals surface area contributed by atoms with E-state index in [-0.39, 0.29) is 5.78 Å². The van der Waals surface area contributed by atoms with Gasteiger partial charge in [0.05, 0.1) is 0 Å². The van der Waals surface area contributed by atoms with Gasteiger partial charge in [-0.2, -0.15) is 0 Å². The number of ketones is 1. The van der Waals surface area contributed by atoms with Crippen LogP contribution in [0, 0.1) is 6.92 Å². The number of benzene rings is 2. The zero-order chi connectivity index (χ0) is 12.4. The van der Waals surface area contributed by atoms with Crippen molar-refractivity contribution in [3.8, 4) is 0 Å². The van der Waals surface area contributed by atoms with Crippen molar-refractivity contribution < 1.29 is 4.79 Å². The first-order valence-electron chi connectivity index (χ1n) is 5.24. The van der Waals surface area contributed by atoms with Crippen molar-refractivity contribution in [2.45, 2.75) is 6.92 Å². The quantitative estimate of drug-likeness (QED) is 0.678. The first kappa shape index (κ1) is 11.9. The predicted molar refractivity (Wildman–Crippen MR) is 73.2 cm³/mol. The van der Waals surface area contributed by atoms with Crippen LogP contribution in [0.2, 0.25) is 0 Å². The Labute approximate surface area is 109 Å². The van der Waals surface area contributed by atoms with E-state index in [1.54, 1.807) is 12.1 Å². The van der Waals surface area contributed by atoms with Crippen molar-refractivity contribution in [3.05, 3.63) is 63.6 Å². The van der Waals surface area contributed by atoms with E-state index in [0.717, 1.165) is 10.0 Å². The van der Waals surface area contributed by atoms with E-state index in [0.29, 0.717) is 16.8 Å². The van der Waals surface area contributed by atoms with Crippen LogP contribution in [-0.4, -0.2) is 5.78 Å². The average Bonchev–Trinajstić information content (AvgIpc) is 2.29. The third kappa shape index (κ3) is 2.56. The smallest absolute Gasteiger partial charge is 0.193 e. The van der Waals surface area contributed by atoms with Crippen molar-refractivity contribution in [1.82, 2.24) is 0 Å². The van der Waals surface area contributed by atoms with Crippen LogP contribution in [-0.2, 0) is 0 Å². The number of anilines is 1. The Hall–Kier alpha value is -1.61. The van der Waals surface area contributed by atoms with E-state index in [1.165, 1.54) is 0 Å². The number of carbonyl (C=O) groups is 1. The summed E-state index contributed by atoms with van der Waals surface area (Å²) in [6.45, 7) is 1.89. The number of nitrogens with two attached hydrogens (primary N) is 1. The Kier molecular flexibility index (Phi) is 3.29. The Morgan fingerprint density at radius 1 is 1.12 bits per heavy atom. The second-order valence-corrected chi connectivity index (χ2v) is 4.83. The topological polar surface area (TPSA) is 43.1 Å². The van der Waals surface area contributed by atoms with Crippen LogP contribution < -0.4 is 5.73 Å². The van der Waals surface area contributed by atoms with Crippen LogP contribution in [0.4, 0.5) is 5.69 Å². The molecule has 0 aliphatic heterocycles. The van der Waals surface area contributed by atoms with Gasteiger partial charge in [-0.1, -0.05) is 15.9 Å². The van der Waals surface area contributed by atoms with Gasteiger partial charge < -0.3 is 5.73 Å². The Bertz CT molecular complexity index is 561. The molecule has 0 atom stereocenters. The van der Waals surface area contributed by atoms with E-state index < -0.39 is 0 Å². The molecule has 2 aromatic carbocycles. The third-order valence-corrected chi connectivity index (χ3v) is 3.13. The number of carbonyl (C=O) groups excluding carboxylic acids is 1. The highest BCUT2D eigenvalue weighted by atomic mass is 79.9. The van der Waals surface area contributed by atoms with Gasteiger partial charge >= 0.3 is 0 Å². The van der Waals surface area contributed by atoms with Gasteiger partial charge in [0.25, 0.3) is 0 Å². The first-order valence-corrected chi connectivity index (χ1v) is 6.03. The fourth-order valence-electron chi connectivity index (χ4n) is 1.70. The largest absolute Gasteiger partial charge is 0.399 e. The minimum absolute atomic E-state index is 0.0231. The molecule has 0 amide bonds. The van der Waals surface area contributed by atoms with Crippen LogP contribution in [0.5, 0.6) is 0 Å². The van der Waals surface area contributed by atoms with Gasteiger partial charge in [0, 0.05) is 21.3 Å². The maximum absolute atomic E-state index is 12.2. The van der Waals surface area contributed by atoms with E-state index in [9.17, 15) is 4.79 Å². The van der Waals surface area contributed by atoms with E-state index in [1.807, 2.05) is 37.3 Å². The summed E-state index contributed by atoms with van der Waals surface area (Å²) in [5, 5.41) is 0. The van der Waals surface area contributed by atoms with Gasteiger partial charge in [0.2, 0.25) is 0 Å². The minimum Gasteiger partial charge on any atom is -0.399 e. The molecule has 2 N–H and O–H groups in total. The molecule has 2 nitrogen and oxygen atoms in total. The molecule has 3 heteroatoms. The average molecular weight is 290 g/mol. The lowest BCUT2D eigenvalue weighted by molar-refractivity contribution is 0.103. The van der Waals surface area contributed by atoms with Crippen molar-refractivity contribution >= 4 is 27.4 Å². The molecule has 0 aliphatic carbocycles. The third-order valence-electron chi connectivity index (χ3n) is 2.60. The van der Waals surface area contributed by atoms with Crippen LogP contribution >= 0.6 is 15.9 Å². The highest BCUT2D eigenvalue weighted by Crippen LogP contribution is 2.18. The molecule has 86 valence electrons. The molecule has 2 aromatic rings.